The van der Waals surface area contributed by atoms with Crippen molar-refractivity contribution in [2.24, 2.45) is 0 Å². The van der Waals surface area contributed by atoms with Crippen LogP contribution in [-0.4, -0.2) is 37.2 Å². The molecular weight excluding hydrogens is 877 g/mol. The van der Waals surface area contributed by atoms with Gasteiger partial charge in [-0.2, -0.15) is 0 Å². The average Bonchev–Trinajstić information content (AvgIpc) is 3.37. The number of carbonyl (C=O) groups excluding carboxylic acids is 3. The van der Waals surface area contributed by atoms with Crippen molar-refractivity contribution in [1.29, 1.82) is 0 Å². The first kappa shape index (κ1) is 66.8. The molecule has 6 heteroatoms. The second-order valence-electron chi connectivity index (χ2n) is 18.8. The Kier molecular flexibility index (Phi) is 54.9. The molecule has 0 rings (SSSR count). The van der Waals surface area contributed by atoms with E-state index in [-0.39, 0.29) is 31.1 Å². The van der Waals surface area contributed by atoms with Crippen molar-refractivity contribution in [2.45, 2.75) is 258 Å². The zero-order valence-electron chi connectivity index (χ0n) is 45.9. The highest BCUT2D eigenvalue weighted by Gasteiger charge is 2.19. The van der Waals surface area contributed by atoms with Crippen molar-refractivity contribution in [2.75, 3.05) is 13.2 Å². The summed E-state index contributed by atoms with van der Waals surface area (Å²) in [5.41, 5.74) is 0. The molecule has 0 aromatic carbocycles. The zero-order chi connectivity index (χ0) is 51.4. The third-order valence-corrected chi connectivity index (χ3v) is 11.9. The number of allylic oxidation sites excluding steroid dienone is 20. The summed E-state index contributed by atoms with van der Waals surface area (Å²) in [5.74, 6) is -0.944. The molecule has 0 amide bonds. The van der Waals surface area contributed by atoms with Crippen LogP contribution in [0.3, 0.4) is 0 Å². The van der Waals surface area contributed by atoms with Crippen LogP contribution in [0.1, 0.15) is 252 Å². The first-order chi connectivity index (χ1) is 35.0. The lowest BCUT2D eigenvalue weighted by molar-refractivity contribution is -0.167. The Labute approximate surface area is 437 Å². The molecule has 0 saturated heterocycles. The van der Waals surface area contributed by atoms with Crippen LogP contribution in [-0.2, 0) is 28.6 Å². The zero-order valence-corrected chi connectivity index (χ0v) is 45.9. The fourth-order valence-corrected chi connectivity index (χ4v) is 7.57. The number of unbranched alkanes of at least 4 members (excludes halogenated alkanes) is 20. The second-order valence-corrected chi connectivity index (χ2v) is 18.8. The van der Waals surface area contributed by atoms with E-state index < -0.39 is 6.10 Å². The fourth-order valence-electron chi connectivity index (χ4n) is 7.57. The van der Waals surface area contributed by atoms with Gasteiger partial charge in [0.2, 0.25) is 0 Å². The molecule has 6 nitrogen and oxygen atoms in total. The molecule has 0 aliphatic carbocycles. The van der Waals surface area contributed by atoms with Gasteiger partial charge in [-0.15, -0.1) is 0 Å². The standard InChI is InChI=1S/C65H106O6/c1-4-7-10-13-16-19-22-24-26-27-28-29-30-31-32-33-34-35-36-37-38-39-40-42-43-46-49-52-55-58-64(67)70-61-62(60-69-63(66)57-54-51-48-45-21-18-15-12-9-6-3)71-65(68)59-56-53-50-47-44-41-25-23-20-17-14-11-8-5-2/h7,10,12,15-16,19,23-26,28-29,31-32,34-35,37-38,40,42,62H,4-6,8-9,11,13-14,17-18,20-22,27,30,33,36,39,41,43-61H2,1-3H3/b10-7-,15-12-,19-16-,25-23-,26-24-,29-28-,32-31-,35-34-,38-37-,42-40-. The van der Waals surface area contributed by atoms with Gasteiger partial charge in [-0.25, -0.2) is 0 Å². The first-order valence-corrected chi connectivity index (χ1v) is 29.0. The minimum atomic E-state index is -0.798. The Morgan fingerprint density at radius 3 is 0.930 bits per heavy atom. The molecule has 0 aromatic heterocycles. The van der Waals surface area contributed by atoms with E-state index in [1.165, 1.54) is 57.8 Å². The maximum atomic E-state index is 12.8. The van der Waals surface area contributed by atoms with Gasteiger partial charge >= 0.3 is 17.9 Å². The van der Waals surface area contributed by atoms with Crippen molar-refractivity contribution >= 4 is 17.9 Å². The van der Waals surface area contributed by atoms with Crippen molar-refractivity contribution in [1.82, 2.24) is 0 Å². The van der Waals surface area contributed by atoms with E-state index in [1.807, 2.05) is 0 Å². The van der Waals surface area contributed by atoms with E-state index in [2.05, 4.69) is 142 Å². The lowest BCUT2D eigenvalue weighted by atomic mass is 10.1. The Balaban J connectivity index is 4.33. The van der Waals surface area contributed by atoms with Crippen LogP contribution in [0.2, 0.25) is 0 Å². The number of ether oxygens (including phenoxy) is 3. The molecule has 0 aliphatic heterocycles. The monoisotopic (exact) mass is 983 g/mol. The SMILES string of the molecule is CC/C=C\C/C=C\C/C=C\C/C=C\C/C=C\C/C=C\C/C=C\C/C=C\CCCCCCC(=O)OCC(COC(=O)CCCCCCC/C=C\CCC)OC(=O)CCCCCCC/C=C\CCCCCCC. The van der Waals surface area contributed by atoms with Crippen LogP contribution in [0.15, 0.2) is 122 Å². The molecule has 0 aromatic rings. The summed E-state index contributed by atoms with van der Waals surface area (Å²) in [6.45, 7) is 6.41. The molecule has 0 saturated carbocycles. The van der Waals surface area contributed by atoms with Gasteiger partial charge in [-0.05, 0) is 128 Å². The fraction of sp³-hybridized carbons (Fsp3) is 0.646. The van der Waals surface area contributed by atoms with Gasteiger partial charge in [-0.1, -0.05) is 226 Å². The summed E-state index contributed by atoms with van der Waals surface area (Å²) in [6, 6.07) is 0. The minimum Gasteiger partial charge on any atom is -0.462 e. The lowest BCUT2D eigenvalue weighted by Crippen LogP contribution is -2.30. The molecular formula is C65H106O6. The highest BCUT2D eigenvalue weighted by molar-refractivity contribution is 5.71. The molecule has 402 valence electrons. The maximum absolute atomic E-state index is 12.8. The van der Waals surface area contributed by atoms with Crippen LogP contribution in [0.5, 0.6) is 0 Å². The summed E-state index contributed by atoms with van der Waals surface area (Å²) < 4.78 is 16.8. The topological polar surface area (TPSA) is 78.9 Å². The number of hydrogen-bond donors (Lipinski definition) is 0. The van der Waals surface area contributed by atoms with Gasteiger partial charge in [0.05, 0.1) is 0 Å². The van der Waals surface area contributed by atoms with Gasteiger partial charge in [0, 0.05) is 19.3 Å². The Morgan fingerprint density at radius 2 is 0.577 bits per heavy atom. The van der Waals surface area contributed by atoms with E-state index in [0.29, 0.717) is 19.3 Å². The molecule has 0 aliphatic rings. The van der Waals surface area contributed by atoms with Crippen LogP contribution >= 0.6 is 0 Å². The number of rotatable bonds is 51. The molecule has 0 fully saturated rings. The highest BCUT2D eigenvalue weighted by atomic mass is 16.6. The predicted molar refractivity (Wildman–Crippen MR) is 306 cm³/mol. The average molecular weight is 984 g/mol. The molecule has 0 N–H and O–H groups in total. The molecule has 1 atom stereocenters. The normalized spacial score (nSPS) is 13.0. The maximum Gasteiger partial charge on any atom is 0.306 e. The third kappa shape index (κ3) is 56.6. The Hall–Kier alpha value is -4.19. The van der Waals surface area contributed by atoms with Gasteiger partial charge < -0.3 is 14.2 Å². The largest absolute Gasteiger partial charge is 0.462 e. The molecule has 71 heavy (non-hydrogen) atoms. The lowest BCUT2D eigenvalue weighted by Gasteiger charge is -2.18. The molecule has 0 radical (unpaired) electrons. The van der Waals surface area contributed by atoms with Gasteiger partial charge in [0.15, 0.2) is 6.10 Å². The van der Waals surface area contributed by atoms with Gasteiger partial charge in [0.1, 0.15) is 13.2 Å². The summed E-state index contributed by atoms with van der Waals surface area (Å²) >= 11 is 0. The highest BCUT2D eigenvalue weighted by Crippen LogP contribution is 2.13. The summed E-state index contributed by atoms with van der Waals surface area (Å²) in [7, 11) is 0. The second kappa shape index (κ2) is 58.4. The molecule has 0 bridgehead atoms. The predicted octanol–water partition coefficient (Wildman–Crippen LogP) is 19.6. The van der Waals surface area contributed by atoms with Gasteiger partial charge in [0.25, 0.3) is 0 Å². The van der Waals surface area contributed by atoms with Crippen LogP contribution in [0, 0.1) is 0 Å². The third-order valence-electron chi connectivity index (χ3n) is 11.9. The minimum absolute atomic E-state index is 0.0962. The molecule has 0 heterocycles. The van der Waals surface area contributed by atoms with Crippen molar-refractivity contribution in [3.05, 3.63) is 122 Å². The molecule has 0 spiro atoms. The Morgan fingerprint density at radius 1 is 0.296 bits per heavy atom. The Bertz CT molecular complexity index is 1500. The van der Waals surface area contributed by atoms with Crippen LogP contribution in [0.4, 0.5) is 0 Å². The summed E-state index contributed by atoms with van der Waals surface area (Å²) in [6.07, 6.45) is 80.6. The summed E-state index contributed by atoms with van der Waals surface area (Å²) in [4.78, 5) is 38.0. The van der Waals surface area contributed by atoms with Crippen molar-refractivity contribution in [3.63, 3.8) is 0 Å². The van der Waals surface area contributed by atoms with Gasteiger partial charge in [-0.3, -0.25) is 14.4 Å². The number of hydrogen-bond acceptors (Lipinski definition) is 6. The van der Waals surface area contributed by atoms with E-state index in [4.69, 9.17) is 14.2 Å². The van der Waals surface area contributed by atoms with E-state index in [9.17, 15) is 14.4 Å². The number of esters is 3. The van der Waals surface area contributed by atoms with Crippen molar-refractivity contribution < 1.29 is 28.6 Å². The van der Waals surface area contributed by atoms with E-state index in [1.54, 1.807) is 0 Å². The smallest absolute Gasteiger partial charge is 0.306 e. The van der Waals surface area contributed by atoms with E-state index in [0.717, 1.165) is 154 Å². The number of carbonyl (C=O) groups is 3. The van der Waals surface area contributed by atoms with Crippen molar-refractivity contribution in [3.8, 4) is 0 Å². The first-order valence-electron chi connectivity index (χ1n) is 29.0. The van der Waals surface area contributed by atoms with E-state index >= 15 is 0 Å². The summed E-state index contributed by atoms with van der Waals surface area (Å²) in [5, 5.41) is 0. The quantitative estimate of drug-likeness (QED) is 0.0261. The van der Waals surface area contributed by atoms with Crippen LogP contribution in [0.25, 0.3) is 0 Å². The van der Waals surface area contributed by atoms with Crippen LogP contribution < -0.4 is 0 Å². The molecule has 1 unspecified atom stereocenters.